The molecule has 8 heteroatoms. The normalized spacial score (nSPS) is 11.1. The van der Waals surface area contributed by atoms with Gasteiger partial charge in [-0.25, -0.2) is 13.1 Å². The average Bonchev–Trinajstić information content (AvgIpc) is 2.28. The number of amides is 1. The molecule has 0 unspecified atom stereocenters. The minimum Gasteiger partial charge on any atom is -0.389 e. The molecule has 1 aromatic carbocycles. The number of carbonyl (C=O) groups excluding carboxylic acids is 1. The number of thiocarbonyl (C=S) groups is 1. The quantitative estimate of drug-likeness (QED) is 0.609. The fourth-order valence-electron chi connectivity index (χ4n) is 1.19. The number of nitrogens with one attached hydrogen (secondary N) is 1. The van der Waals surface area contributed by atoms with Gasteiger partial charge in [0, 0.05) is 18.5 Å². The summed E-state index contributed by atoms with van der Waals surface area (Å²) in [7, 11) is -3.64. The van der Waals surface area contributed by atoms with Crippen molar-refractivity contribution in [1.82, 2.24) is 4.72 Å². The summed E-state index contributed by atoms with van der Waals surface area (Å²) in [6.45, 7) is -0.0330. The van der Waals surface area contributed by atoms with Gasteiger partial charge in [0.15, 0.2) is 0 Å². The average molecular weight is 287 g/mol. The van der Waals surface area contributed by atoms with Gasteiger partial charge in [0.2, 0.25) is 15.9 Å². The third-order valence-corrected chi connectivity index (χ3v) is 3.83. The van der Waals surface area contributed by atoms with Crippen LogP contribution < -0.4 is 16.2 Å². The van der Waals surface area contributed by atoms with Crippen molar-refractivity contribution in [2.24, 2.45) is 11.5 Å². The van der Waals surface area contributed by atoms with E-state index in [0.717, 1.165) is 0 Å². The van der Waals surface area contributed by atoms with Crippen molar-refractivity contribution in [3.63, 3.8) is 0 Å². The van der Waals surface area contributed by atoms with Gasteiger partial charge < -0.3 is 11.5 Å². The summed E-state index contributed by atoms with van der Waals surface area (Å²) in [6.07, 6.45) is -0.0514. The van der Waals surface area contributed by atoms with E-state index in [9.17, 15) is 13.2 Å². The van der Waals surface area contributed by atoms with Crippen molar-refractivity contribution >= 4 is 33.1 Å². The lowest BCUT2D eigenvalue weighted by Crippen LogP contribution is -2.28. The number of carbonyl (C=O) groups is 1. The van der Waals surface area contributed by atoms with E-state index < -0.39 is 15.9 Å². The van der Waals surface area contributed by atoms with E-state index in [0.29, 0.717) is 5.56 Å². The molecule has 0 atom stereocenters. The molecule has 0 heterocycles. The summed E-state index contributed by atoms with van der Waals surface area (Å²) in [6, 6.07) is 5.82. The second kappa shape index (κ2) is 5.89. The number of sulfonamides is 1. The van der Waals surface area contributed by atoms with Crippen LogP contribution in [0.2, 0.25) is 0 Å². The molecule has 1 amide bonds. The molecule has 0 spiro atoms. The molecule has 1 rings (SSSR count). The minimum absolute atomic E-state index is 0.0330. The highest BCUT2D eigenvalue weighted by Gasteiger charge is 2.13. The molecule has 5 N–H and O–H groups in total. The molecule has 6 nitrogen and oxygen atoms in total. The molecule has 1 aromatic rings. The predicted molar refractivity (Wildman–Crippen MR) is 71.3 cm³/mol. The number of nitrogens with two attached hydrogens (primary N) is 2. The molecule has 0 aliphatic heterocycles. The molecule has 0 aliphatic carbocycles. The van der Waals surface area contributed by atoms with E-state index in [-0.39, 0.29) is 22.8 Å². The summed E-state index contributed by atoms with van der Waals surface area (Å²) < 4.78 is 25.8. The topological polar surface area (TPSA) is 115 Å². The van der Waals surface area contributed by atoms with E-state index in [2.05, 4.69) is 4.72 Å². The Kier molecular flexibility index (Phi) is 4.76. The first-order chi connectivity index (χ1) is 8.33. The van der Waals surface area contributed by atoms with Crippen molar-refractivity contribution in [1.29, 1.82) is 0 Å². The van der Waals surface area contributed by atoms with Gasteiger partial charge in [0.25, 0.3) is 0 Å². The molecule has 18 heavy (non-hydrogen) atoms. The molecule has 0 radical (unpaired) electrons. The van der Waals surface area contributed by atoms with Gasteiger partial charge in [0.1, 0.15) is 4.99 Å². The first kappa shape index (κ1) is 14.6. The van der Waals surface area contributed by atoms with E-state index in [1.807, 2.05) is 0 Å². The zero-order valence-corrected chi connectivity index (χ0v) is 11.1. The summed E-state index contributed by atoms with van der Waals surface area (Å²) >= 11 is 4.76. The Labute approximate surface area is 110 Å². The third kappa shape index (κ3) is 4.06. The van der Waals surface area contributed by atoms with Gasteiger partial charge in [-0.2, -0.15) is 0 Å². The molecule has 0 aliphatic rings. The van der Waals surface area contributed by atoms with E-state index in [1.54, 1.807) is 0 Å². The monoisotopic (exact) mass is 287 g/mol. The fraction of sp³-hybridized carbons (Fsp3) is 0.200. The van der Waals surface area contributed by atoms with Crippen molar-refractivity contribution in [3.05, 3.63) is 29.8 Å². The Balaban J connectivity index is 2.79. The van der Waals surface area contributed by atoms with Gasteiger partial charge in [-0.3, -0.25) is 4.79 Å². The molecule has 0 bridgehead atoms. The first-order valence-corrected chi connectivity index (χ1v) is 6.90. The molecule has 98 valence electrons. The van der Waals surface area contributed by atoms with Crippen molar-refractivity contribution in [3.8, 4) is 0 Å². The maximum Gasteiger partial charge on any atom is 0.240 e. The maximum atomic E-state index is 11.8. The summed E-state index contributed by atoms with van der Waals surface area (Å²) in [5, 5.41) is 0. The molecular weight excluding hydrogens is 274 g/mol. The highest BCUT2D eigenvalue weighted by molar-refractivity contribution is 7.89. The summed E-state index contributed by atoms with van der Waals surface area (Å²) in [4.78, 5) is 10.8. The van der Waals surface area contributed by atoms with Crippen LogP contribution in [0.5, 0.6) is 0 Å². The Morgan fingerprint density at radius 2 is 1.78 bits per heavy atom. The highest BCUT2D eigenvalue weighted by atomic mass is 32.2. The van der Waals surface area contributed by atoms with Crippen LogP contribution in [-0.2, 0) is 14.8 Å². The van der Waals surface area contributed by atoms with Gasteiger partial charge in [-0.1, -0.05) is 24.4 Å². The fourth-order valence-corrected chi connectivity index (χ4v) is 2.36. The molecule has 0 saturated heterocycles. The van der Waals surface area contributed by atoms with Gasteiger partial charge in [0.05, 0.1) is 4.90 Å². The number of hydrogen-bond donors (Lipinski definition) is 3. The van der Waals surface area contributed by atoms with E-state index in [1.165, 1.54) is 24.3 Å². The lowest BCUT2D eigenvalue weighted by atomic mass is 10.2. The second-order valence-electron chi connectivity index (χ2n) is 3.50. The first-order valence-electron chi connectivity index (χ1n) is 5.01. The van der Waals surface area contributed by atoms with Crippen LogP contribution in [-0.4, -0.2) is 25.9 Å². The maximum absolute atomic E-state index is 11.8. The van der Waals surface area contributed by atoms with E-state index >= 15 is 0 Å². The minimum atomic E-state index is -3.64. The summed E-state index contributed by atoms with van der Waals surface area (Å²) in [5.74, 6) is -0.568. The number of benzene rings is 1. The Morgan fingerprint density at radius 1 is 1.22 bits per heavy atom. The molecular formula is C10H13N3O3S2. The van der Waals surface area contributed by atoms with Gasteiger partial charge in [-0.15, -0.1) is 0 Å². The molecule has 0 saturated carbocycles. The Bertz CT molecular complexity index is 552. The zero-order chi connectivity index (χ0) is 13.8. The molecule has 0 fully saturated rings. The molecule has 0 aromatic heterocycles. The van der Waals surface area contributed by atoms with Crippen LogP contribution in [0.1, 0.15) is 12.0 Å². The SMILES string of the molecule is NC(=O)CCNS(=O)(=O)c1ccc(C(N)=S)cc1. The van der Waals surface area contributed by atoms with Crippen LogP contribution in [0.25, 0.3) is 0 Å². The van der Waals surface area contributed by atoms with Crippen LogP contribution in [0.15, 0.2) is 29.2 Å². The smallest absolute Gasteiger partial charge is 0.240 e. The van der Waals surface area contributed by atoms with Crippen LogP contribution in [0, 0.1) is 0 Å². The number of primary amides is 1. The lowest BCUT2D eigenvalue weighted by molar-refractivity contribution is -0.117. The van der Waals surface area contributed by atoms with Crippen LogP contribution in [0.4, 0.5) is 0 Å². The Hall–Kier alpha value is -1.51. The van der Waals surface area contributed by atoms with Crippen molar-refractivity contribution in [2.45, 2.75) is 11.3 Å². The van der Waals surface area contributed by atoms with Crippen LogP contribution >= 0.6 is 12.2 Å². The second-order valence-corrected chi connectivity index (χ2v) is 5.71. The van der Waals surface area contributed by atoms with Crippen LogP contribution in [0.3, 0.4) is 0 Å². The third-order valence-electron chi connectivity index (χ3n) is 2.11. The van der Waals surface area contributed by atoms with Gasteiger partial charge >= 0.3 is 0 Å². The summed E-state index contributed by atoms with van der Waals surface area (Å²) in [5.41, 5.74) is 10.9. The highest BCUT2D eigenvalue weighted by Crippen LogP contribution is 2.10. The van der Waals surface area contributed by atoms with E-state index in [4.69, 9.17) is 23.7 Å². The predicted octanol–water partition coefficient (Wildman–Crippen LogP) is -0.525. The van der Waals surface area contributed by atoms with Crippen molar-refractivity contribution < 1.29 is 13.2 Å². The lowest BCUT2D eigenvalue weighted by Gasteiger charge is -2.06. The largest absolute Gasteiger partial charge is 0.389 e. The Morgan fingerprint density at radius 3 is 2.22 bits per heavy atom. The zero-order valence-electron chi connectivity index (χ0n) is 9.42. The van der Waals surface area contributed by atoms with Gasteiger partial charge in [-0.05, 0) is 12.1 Å². The van der Waals surface area contributed by atoms with Crippen molar-refractivity contribution in [2.75, 3.05) is 6.54 Å². The number of rotatable bonds is 6. The standard InChI is InChI=1S/C10H13N3O3S2/c11-9(14)5-6-13-18(15,16)8-3-1-7(2-4-8)10(12)17/h1-4,13H,5-6H2,(H2,11,14)(H2,12,17). The number of hydrogen-bond acceptors (Lipinski definition) is 4.